The molecule has 0 fully saturated rings. The molecule has 3 nitrogen and oxygen atoms in total. The third kappa shape index (κ3) is 2.11. The van der Waals surface area contributed by atoms with Gasteiger partial charge in [0.25, 0.3) is 0 Å². The van der Waals surface area contributed by atoms with E-state index in [2.05, 4.69) is 65.7 Å². The Morgan fingerprint density at radius 1 is 1.15 bits per heavy atom. The van der Waals surface area contributed by atoms with E-state index in [1.54, 1.807) is 0 Å². The van der Waals surface area contributed by atoms with Crippen molar-refractivity contribution < 1.29 is 0 Å². The van der Waals surface area contributed by atoms with Crippen LogP contribution in [0.3, 0.4) is 0 Å². The number of anilines is 1. The van der Waals surface area contributed by atoms with Crippen molar-refractivity contribution in [3.8, 4) is 11.1 Å². The van der Waals surface area contributed by atoms with Crippen LogP contribution in [-0.2, 0) is 0 Å². The second-order valence-corrected chi connectivity index (χ2v) is 5.24. The molecule has 0 aliphatic carbocycles. The molecule has 0 unspecified atom stereocenters. The summed E-state index contributed by atoms with van der Waals surface area (Å²) >= 11 is 0. The van der Waals surface area contributed by atoms with E-state index in [-0.39, 0.29) is 0 Å². The van der Waals surface area contributed by atoms with E-state index in [0.717, 1.165) is 5.82 Å². The van der Waals surface area contributed by atoms with Crippen LogP contribution in [0.15, 0.2) is 42.2 Å². The summed E-state index contributed by atoms with van der Waals surface area (Å²) in [5, 5.41) is 4.45. The molecular formula is C17H19N3. The summed E-state index contributed by atoms with van der Waals surface area (Å²) in [5.74, 6) is 1.05. The number of H-pyrrole nitrogens is 2. The number of fused-ring (bicyclic) bond motifs is 1. The summed E-state index contributed by atoms with van der Waals surface area (Å²) < 4.78 is 0. The zero-order valence-electron chi connectivity index (χ0n) is 12.0. The Balaban J connectivity index is 2.17. The minimum Gasteiger partial charge on any atom is -0.374 e. The zero-order valence-corrected chi connectivity index (χ0v) is 12.0. The number of benzene rings is 1. The molecular weight excluding hydrogens is 246 g/mol. The first-order valence-electron chi connectivity index (χ1n) is 6.80. The lowest BCUT2D eigenvalue weighted by molar-refractivity contribution is 1.34. The highest BCUT2D eigenvalue weighted by Crippen LogP contribution is 2.32. The zero-order chi connectivity index (χ0) is 14.1. The van der Waals surface area contributed by atoms with Gasteiger partial charge in [0.05, 0.1) is 0 Å². The number of hydrogen-bond donors (Lipinski definition) is 3. The van der Waals surface area contributed by atoms with E-state index in [0.29, 0.717) is 0 Å². The van der Waals surface area contributed by atoms with Crippen molar-refractivity contribution in [3.63, 3.8) is 0 Å². The van der Waals surface area contributed by atoms with Crippen LogP contribution in [0.2, 0.25) is 0 Å². The van der Waals surface area contributed by atoms with Gasteiger partial charge in [-0.2, -0.15) is 0 Å². The molecule has 1 aromatic carbocycles. The van der Waals surface area contributed by atoms with Crippen molar-refractivity contribution in [2.75, 3.05) is 12.4 Å². The number of aromatic nitrogens is 2. The first-order valence-corrected chi connectivity index (χ1v) is 6.80. The summed E-state index contributed by atoms with van der Waals surface area (Å²) in [6.07, 6.45) is 6.25. The van der Waals surface area contributed by atoms with Crippen LogP contribution in [-0.4, -0.2) is 17.0 Å². The smallest absolute Gasteiger partial charge is 0.111 e. The molecule has 2 heterocycles. The van der Waals surface area contributed by atoms with E-state index in [4.69, 9.17) is 0 Å². The first kappa shape index (κ1) is 12.6. The average Bonchev–Trinajstić information content (AvgIpc) is 3.03. The number of rotatable bonds is 3. The van der Waals surface area contributed by atoms with Gasteiger partial charge in [-0.1, -0.05) is 17.7 Å². The Bertz CT molecular complexity index is 770. The van der Waals surface area contributed by atoms with E-state index in [1.807, 2.05) is 13.2 Å². The maximum absolute atomic E-state index is 3.31. The van der Waals surface area contributed by atoms with E-state index >= 15 is 0 Å². The largest absolute Gasteiger partial charge is 0.374 e. The van der Waals surface area contributed by atoms with Gasteiger partial charge in [0, 0.05) is 36.1 Å². The maximum atomic E-state index is 3.31. The van der Waals surface area contributed by atoms with Gasteiger partial charge in [-0.25, -0.2) is 0 Å². The monoisotopic (exact) mass is 265 g/mol. The molecule has 0 aliphatic rings. The fourth-order valence-electron chi connectivity index (χ4n) is 2.54. The SMILES string of the molecule is CNc1[nH]cc(-c2ccc3[nH]ccc3c2)c1C=C(C)C. The van der Waals surface area contributed by atoms with Gasteiger partial charge in [-0.15, -0.1) is 0 Å². The summed E-state index contributed by atoms with van der Waals surface area (Å²) in [6, 6.07) is 8.61. The fourth-order valence-corrected chi connectivity index (χ4v) is 2.54. The normalized spacial score (nSPS) is 10.8. The molecule has 0 atom stereocenters. The van der Waals surface area contributed by atoms with E-state index in [1.165, 1.54) is 33.2 Å². The Kier molecular flexibility index (Phi) is 3.11. The van der Waals surface area contributed by atoms with E-state index in [9.17, 15) is 0 Å². The van der Waals surface area contributed by atoms with Gasteiger partial charge < -0.3 is 15.3 Å². The minimum atomic E-state index is 1.05. The lowest BCUT2D eigenvalue weighted by Crippen LogP contribution is -1.90. The molecule has 3 N–H and O–H groups in total. The average molecular weight is 265 g/mol. The van der Waals surface area contributed by atoms with Crippen LogP contribution < -0.4 is 5.32 Å². The molecule has 0 saturated heterocycles. The second kappa shape index (κ2) is 4.93. The molecule has 0 saturated carbocycles. The fraction of sp³-hybridized carbons (Fsp3) is 0.176. The molecule has 0 aliphatic heterocycles. The molecule has 3 heteroatoms. The van der Waals surface area contributed by atoms with Gasteiger partial charge in [-0.05, 0) is 43.0 Å². The van der Waals surface area contributed by atoms with Gasteiger partial charge in [0.2, 0.25) is 0 Å². The Hall–Kier alpha value is -2.42. The third-order valence-electron chi connectivity index (χ3n) is 3.47. The summed E-state index contributed by atoms with van der Waals surface area (Å²) in [4.78, 5) is 6.54. The lowest BCUT2D eigenvalue weighted by atomic mass is 10.0. The number of aromatic amines is 2. The standard InChI is InChI=1S/C17H19N3/c1-11(2)8-14-15(10-20-17(14)18-3)12-4-5-16-13(9-12)6-7-19-16/h4-10,18-20H,1-3H3. The maximum Gasteiger partial charge on any atom is 0.111 e. The molecule has 3 aromatic rings. The van der Waals surface area contributed by atoms with Gasteiger partial charge in [0.15, 0.2) is 0 Å². The van der Waals surface area contributed by atoms with Crippen molar-refractivity contribution in [1.82, 2.24) is 9.97 Å². The van der Waals surface area contributed by atoms with Crippen LogP contribution in [0.4, 0.5) is 5.82 Å². The highest BCUT2D eigenvalue weighted by molar-refractivity contribution is 5.89. The van der Waals surface area contributed by atoms with Gasteiger partial charge in [0.1, 0.15) is 5.82 Å². The predicted molar refractivity (Wildman–Crippen MR) is 87.0 cm³/mol. The topological polar surface area (TPSA) is 43.6 Å². The number of hydrogen-bond acceptors (Lipinski definition) is 1. The van der Waals surface area contributed by atoms with Crippen LogP contribution in [0.5, 0.6) is 0 Å². The van der Waals surface area contributed by atoms with Gasteiger partial charge in [-0.3, -0.25) is 0 Å². The Morgan fingerprint density at radius 3 is 2.75 bits per heavy atom. The van der Waals surface area contributed by atoms with Crippen molar-refractivity contribution >= 4 is 22.8 Å². The summed E-state index contributed by atoms with van der Waals surface area (Å²) in [7, 11) is 1.94. The molecule has 2 aromatic heterocycles. The summed E-state index contributed by atoms with van der Waals surface area (Å²) in [6.45, 7) is 4.23. The quantitative estimate of drug-likeness (QED) is 0.635. The Labute approximate surface area is 118 Å². The lowest BCUT2D eigenvalue weighted by Gasteiger charge is -2.05. The van der Waals surface area contributed by atoms with Crippen LogP contribution >= 0.6 is 0 Å². The van der Waals surface area contributed by atoms with Gasteiger partial charge >= 0.3 is 0 Å². The van der Waals surface area contributed by atoms with E-state index < -0.39 is 0 Å². The first-order chi connectivity index (χ1) is 9.69. The van der Waals surface area contributed by atoms with Crippen molar-refractivity contribution in [2.24, 2.45) is 0 Å². The molecule has 20 heavy (non-hydrogen) atoms. The molecule has 0 amide bonds. The van der Waals surface area contributed by atoms with Crippen LogP contribution in [0, 0.1) is 0 Å². The highest BCUT2D eigenvalue weighted by atomic mass is 15.0. The van der Waals surface area contributed by atoms with Crippen LogP contribution in [0.1, 0.15) is 19.4 Å². The predicted octanol–water partition coefficient (Wildman–Crippen LogP) is 4.63. The molecule has 102 valence electrons. The third-order valence-corrected chi connectivity index (χ3v) is 3.47. The van der Waals surface area contributed by atoms with Crippen molar-refractivity contribution in [3.05, 3.63) is 47.8 Å². The Morgan fingerprint density at radius 2 is 2.00 bits per heavy atom. The second-order valence-electron chi connectivity index (χ2n) is 5.24. The molecule has 0 spiro atoms. The highest BCUT2D eigenvalue weighted by Gasteiger charge is 2.10. The molecule has 0 radical (unpaired) electrons. The minimum absolute atomic E-state index is 1.05. The number of allylic oxidation sites excluding steroid dienone is 1. The van der Waals surface area contributed by atoms with Crippen molar-refractivity contribution in [2.45, 2.75) is 13.8 Å². The molecule has 3 rings (SSSR count). The molecule has 0 bridgehead atoms. The summed E-state index contributed by atoms with van der Waals surface area (Å²) in [5.41, 5.74) is 6.11. The number of nitrogens with one attached hydrogen (secondary N) is 3. The van der Waals surface area contributed by atoms with Crippen molar-refractivity contribution in [1.29, 1.82) is 0 Å². The van der Waals surface area contributed by atoms with Crippen LogP contribution in [0.25, 0.3) is 28.1 Å².